The van der Waals surface area contributed by atoms with E-state index < -0.39 is 23.2 Å². The van der Waals surface area contributed by atoms with Crippen molar-refractivity contribution in [3.8, 4) is 0 Å². The number of carbonyl (C=O) groups excluding carboxylic acids is 1. The van der Waals surface area contributed by atoms with Gasteiger partial charge in [-0.1, -0.05) is 0 Å². The number of carbonyl (C=O) groups is 1. The number of nitrogens with one attached hydrogen (secondary N) is 1. The number of hydrogen-bond donors (Lipinski definition) is 2. The molecule has 0 aromatic heterocycles. The molecule has 10 nitrogen and oxygen atoms in total. The molecule has 0 bridgehead atoms. The fourth-order valence-electron chi connectivity index (χ4n) is 3.03. The molecule has 2 aliphatic heterocycles. The fourth-order valence-corrected chi connectivity index (χ4v) is 8.85. The van der Waals surface area contributed by atoms with Gasteiger partial charge in [0.1, 0.15) is 0 Å². The standard InChI is InChI=1S/C14H15N4O6PS.Ra.Rb.H/c1-3-24-25(21)11-6-8(18-26(2,22)23)4-5-9(11)16-13(17-25)12-10(19)7-15-14(12)20;;;/h4-7,11,18H,3H2,1-2H3,(H-,15,17,19,20,21);;;/q-1;;+1;. The number of hydrogen-bond acceptors (Lipinski definition) is 7. The minimum atomic E-state index is -3.73. The van der Waals surface area contributed by atoms with Gasteiger partial charge in [-0.2, -0.15) is 0 Å². The maximum atomic E-state index is 13.5. The number of amides is 1. The fraction of sp³-hybridized carbons (Fsp3) is 0.357. The first-order valence-corrected chi connectivity index (χ1v) is 19.0. The van der Waals surface area contributed by atoms with Gasteiger partial charge in [0, 0.05) is 0 Å². The Labute approximate surface area is 231 Å². The van der Waals surface area contributed by atoms with Crippen molar-refractivity contribution in [3.63, 3.8) is 0 Å². The Morgan fingerprint density at radius 1 is 1.46 bits per heavy atom. The van der Waals surface area contributed by atoms with Crippen LogP contribution in [0.4, 0.5) is 0 Å². The molecule has 3 aliphatic rings. The zero-order chi connectivity index (χ0) is 20.9. The van der Waals surface area contributed by atoms with Crippen molar-refractivity contribution >= 4 is 91.0 Å². The second-order valence-corrected chi connectivity index (χ2v) is 17.3. The average molecular weight is 711 g/mol. The SMILES string of the molecule is CCOP1(=O)N=C(C2=C(O)[CH]([RaH])[N]([Rb])C2=O)N=C2C=CC(NS(C)(=O)=O)=CC21. The number of amidine groups is 1. The zero-order valence-electron chi connectivity index (χ0n) is 15.8. The van der Waals surface area contributed by atoms with Gasteiger partial charge in [0.25, 0.3) is 0 Å². The topological polar surface area (TPSA) is 138 Å². The number of allylic oxidation sites excluding steroid dienone is 3. The summed E-state index contributed by atoms with van der Waals surface area (Å²) in [4.78, 5) is 16.9. The number of fused-ring (bicyclic) bond motifs is 1. The number of aliphatic hydroxyl groups excluding tert-OH is 1. The summed E-state index contributed by atoms with van der Waals surface area (Å²) in [6, 6.07) is 0. The molecule has 0 saturated heterocycles. The van der Waals surface area contributed by atoms with Crippen LogP contribution in [-0.4, -0.2) is 105 Å². The summed E-state index contributed by atoms with van der Waals surface area (Å²) >= 11 is -0.318. The zero-order valence-corrected chi connectivity index (χ0v) is 30.6. The van der Waals surface area contributed by atoms with Crippen LogP contribution in [0.2, 0.25) is 0 Å². The summed E-state index contributed by atoms with van der Waals surface area (Å²) in [6.07, 6.45) is 5.47. The molecule has 3 rings (SSSR count). The molecule has 28 heavy (non-hydrogen) atoms. The van der Waals surface area contributed by atoms with E-state index >= 15 is 0 Å². The predicted molar refractivity (Wildman–Crippen MR) is 101 cm³/mol. The van der Waals surface area contributed by atoms with Crippen LogP contribution in [0.1, 0.15) is 6.92 Å². The van der Waals surface area contributed by atoms with Crippen LogP contribution in [0.15, 0.2) is 45.0 Å². The molecule has 1 amide bonds. The molecule has 3 unspecified atom stereocenters. The Bertz CT molecular complexity index is 1050. The number of nitrogens with zero attached hydrogens (tertiary/aromatic N) is 3. The van der Waals surface area contributed by atoms with E-state index in [1.807, 2.05) is 0 Å². The van der Waals surface area contributed by atoms with Crippen molar-refractivity contribution in [1.29, 1.82) is 0 Å². The van der Waals surface area contributed by atoms with Crippen LogP contribution in [0.25, 0.3) is 0 Å². The summed E-state index contributed by atoms with van der Waals surface area (Å²) < 4.78 is 49.9. The van der Waals surface area contributed by atoms with Crippen molar-refractivity contribution in [2.45, 2.75) is 13.7 Å². The Morgan fingerprint density at radius 2 is 2.14 bits per heavy atom. The Morgan fingerprint density at radius 3 is 2.68 bits per heavy atom. The van der Waals surface area contributed by atoms with Crippen LogP contribution in [-0.2, 0) is 23.9 Å². The van der Waals surface area contributed by atoms with Crippen molar-refractivity contribution in [3.05, 3.63) is 35.3 Å². The number of rotatable bonds is 5. The summed E-state index contributed by atoms with van der Waals surface area (Å²) in [5.74, 6) is -0.462. The molecule has 3 atom stereocenters. The summed E-state index contributed by atoms with van der Waals surface area (Å²) in [6.45, 7) is 1.77. The molecule has 0 aromatic carbocycles. The number of sulfonamides is 1. The predicted octanol–water partition coefficient (Wildman–Crippen LogP) is -0.214. The molecular weight excluding hydrogens is 695 g/mol. The van der Waals surface area contributed by atoms with Crippen molar-refractivity contribution < 1.29 is 70.2 Å². The summed E-state index contributed by atoms with van der Waals surface area (Å²) in [5, 5.41) is 10.4. The first kappa shape index (κ1) is 23.7. The van der Waals surface area contributed by atoms with Crippen LogP contribution < -0.4 is 4.72 Å². The molecule has 1 aliphatic carbocycles. The van der Waals surface area contributed by atoms with Gasteiger partial charge in [0.05, 0.1) is 0 Å². The van der Waals surface area contributed by atoms with Crippen LogP contribution in [0, 0.1) is 42.8 Å². The molecule has 0 aromatic rings. The van der Waals surface area contributed by atoms with Gasteiger partial charge in [-0.15, -0.1) is 0 Å². The van der Waals surface area contributed by atoms with Crippen molar-refractivity contribution in [2.24, 2.45) is 9.76 Å². The number of aliphatic hydroxyl groups is 1. The second kappa shape index (κ2) is 8.89. The molecule has 0 fully saturated rings. The van der Waals surface area contributed by atoms with Crippen LogP contribution in [0.5, 0.6) is 0 Å². The van der Waals surface area contributed by atoms with Gasteiger partial charge >= 0.3 is 236 Å². The summed E-state index contributed by atoms with van der Waals surface area (Å²) in [5.41, 5.74) is -0.303. The van der Waals surface area contributed by atoms with Gasteiger partial charge in [-0.3, -0.25) is 0 Å². The Kier molecular flexibility index (Phi) is 7.52. The number of aliphatic imine (C=N–C) groups is 1. The van der Waals surface area contributed by atoms with E-state index in [2.05, 4.69) is 14.5 Å². The quantitative estimate of drug-likeness (QED) is 0.379. The molecule has 0 spiro atoms. The van der Waals surface area contributed by atoms with Crippen molar-refractivity contribution in [2.75, 3.05) is 12.9 Å². The molecule has 142 valence electrons. The Hall–Kier alpha value is 1.04. The van der Waals surface area contributed by atoms with Crippen LogP contribution in [0.3, 0.4) is 0 Å². The van der Waals surface area contributed by atoms with Gasteiger partial charge in [0.2, 0.25) is 0 Å². The maximum absolute atomic E-state index is 13.5. The monoisotopic (exact) mass is 710 g/mol. The first-order valence-electron chi connectivity index (χ1n) is 8.48. The van der Waals surface area contributed by atoms with Gasteiger partial charge in [-0.05, 0) is 0 Å². The Balaban J connectivity index is 2.08. The molecule has 0 radical (unpaired) electrons. The van der Waals surface area contributed by atoms with E-state index in [1.54, 1.807) is 5.57 Å². The third-order valence-electron chi connectivity index (χ3n) is 4.50. The third kappa shape index (κ3) is 4.76. The van der Waals surface area contributed by atoms with E-state index in [0.29, 0.717) is 5.71 Å². The van der Waals surface area contributed by atoms with Crippen LogP contribution >= 0.6 is 7.52 Å². The summed E-state index contributed by atoms with van der Waals surface area (Å²) in [7, 11) is -7.25. The van der Waals surface area contributed by atoms with E-state index in [1.165, 1.54) is 18.2 Å². The van der Waals surface area contributed by atoms with E-state index in [9.17, 15) is 22.9 Å². The molecule has 0 saturated carbocycles. The second-order valence-electron chi connectivity index (χ2n) is 6.57. The molecular formula is C14H16N4O6PRaRbS. The molecule has 2 N–H and O–H groups in total. The molecule has 2 heterocycles. The van der Waals surface area contributed by atoms with Crippen molar-refractivity contribution in [1.82, 2.24) is 3.37 Å². The van der Waals surface area contributed by atoms with E-state index in [-0.39, 0.29) is 135 Å². The van der Waals surface area contributed by atoms with Gasteiger partial charge in [0.15, 0.2) is 0 Å². The van der Waals surface area contributed by atoms with Gasteiger partial charge < -0.3 is 0 Å². The third-order valence-corrected chi connectivity index (χ3v) is 26.1. The average Bonchev–Trinajstić information content (AvgIpc) is 2.77. The van der Waals surface area contributed by atoms with Gasteiger partial charge in [-0.25, -0.2) is 0 Å². The van der Waals surface area contributed by atoms with E-state index in [4.69, 9.17) is 4.52 Å². The minimum absolute atomic E-state index is 0.00277. The van der Waals surface area contributed by atoms with E-state index in [0.717, 1.165) is 6.26 Å². The first-order chi connectivity index (χ1) is 13.0. The molecule has 14 heteroatoms. The normalized spacial score (nSPS) is 30.0.